The molecule has 35 heavy (non-hydrogen) atoms. The summed E-state index contributed by atoms with van der Waals surface area (Å²) in [5, 5.41) is 3.52. The second kappa shape index (κ2) is 10.7. The lowest BCUT2D eigenvalue weighted by molar-refractivity contribution is -0.139. The molecule has 0 spiro atoms. The van der Waals surface area contributed by atoms with Crippen molar-refractivity contribution >= 4 is 29.1 Å². The van der Waals surface area contributed by atoms with Crippen LogP contribution in [0.5, 0.6) is 17.2 Å². The number of nitrogens with zero attached hydrogens (tertiary/aromatic N) is 1. The third-order valence-electron chi connectivity index (χ3n) is 5.87. The smallest absolute Gasteiger partial charge is 0.264 e. The minimum absolute atomic E-state index is 0.0977. The molecule has 182 valence electrons. The molecule has 8 heteroatoms. The SMILES string of the molecule is CCC1Oc2ccc(NC(=O)c3ccc(OC)c(OC)c3)cc2CN(Cc2ccccc2Cl)C1=O. The lowest BCUT2D eigenvalue weighted by atomic mass is 10.1. The molecule has 4 rings (SSSR count). The molecule has 1 unspecified atom stereocenters. The Balaban J connectivity index is 1.59. The van der Waals surface area contributed by atoms with Crippen LogP contribution in [0.2, 0.25) is 5.02 Å². The van der Waals surface area contributed by atoms with E-state index in [2.05, 4.69) is 5.32 Å². The number of rotatable bonds is 7. The van der Waals surface area contributed by atoms with Gasteiger partial charge in [0.05, 0.1) is 14.2 Å². The van der Waals surface area contributed by atoms with E-state index in [1.165, 1.54) is 14.2 Å². The monoisotopic (exact) mass is 494 g/mol. The molecule has 1 heterocycles. The standard InChI is InChI=1S/C27H27ClN2O5/c1-4-22-27(32)30(15-18-7-5-6-8-21(18)28)16-19-13-20(10-12-23(19)35-22)29-26(31)17-9-11-24(33-2)25(14-17)34-3/h5-14,22H,4,15-16H2,1-3H3,(H,29,31). The average molecular weight is 495 g/mol. The van der Waals surface area contributed by atoms with E-state index in [4.69, 9.17) is 25.8 Å². The van der Waals surface area contributed by atoms with Crippen LogP contribution in [0.25, 0.3) is 0 Å². The number of hydrogen-bond acceptors (Lipinski definition) is 5. The largest absolute Gasteiger partial charge is 0.493 e. The molecule has 0 aromatic heterocycles. The van der Waals surface area contributed by atoms with Gasteiger partial charge in [0, 0.05) is 34.9 Å². The molecule has 7 nitrogen and oxygen atoms in total. The molecule has 0 aliphatic carbocycles. The number of ether oxygens (including phenoxy) is 3. The molecular formula is C27H27ClN2O5. The molecule has 3 aromatic rings. The Bertz CT molecular complexity index is 1250. The van der Waals surface area contributed by atoms with Gasteiger partial charge in [-0.15, -0.1) is 0 Å². The van der Waals surface area contributed by atoms with E-state index in [0.717, 1.165) is 11.1 Å². The van der Waals surface area contributed by atoms with Crippen LogP contribution in [0, 0.1) is 0 Å². The van der Waals surface area contributed by atoms with Crippen molar-refractivity contribution in [2.24, 2.45) is 0 Å². The summed E-state index contributed by atoms with van der Waals surface area (Å²) >= 11 is 6.35. The van der Waals surface area contributed by atoms with Gasteiger partial charge in [0.1, 0.15) is 5.75 Å². The lowest BCUT2D eigenvalue weighted by Gasteiger charge is -2.23. The topological polar surface area (TPSA) is 77.1 Å². The number of nitrogens with one attached hydrogen (secondary N) is 1. The Morgan fingerprint density at radius 3 is 2.57 bits per heavy atom. The molecule has 2 amide bonds. The van der Waals surface area contributed by atoms with Gasteiger partial charge in [-0.2, -0.15) is 0 Å². The Kier molecular flexibility index (Phi) is 7.46. The number of fused-ring (bicyclic) bond motifs is 1. The molecule has 0 fully saturated rings. The quantitative estimate of drug-likeness (QED) is 0.481. The van der Waals surface area contributed by atoms with Gasteiger partial charge in [-0.05, 0) is 54.4 Å². The number of anilines is 1. The fourth-order valence-corrected chi connectivity index (χ4v) is 4.19. The molecule has 0 radical (unpaired) electrons. The van der Waals surface area contributed by atoms with Crippen LogP contribution in [-0.2, 0) is 17.9 Å². The second-order valence-electron chi connectivity index (χ2n) is 8.15. The third-order valence-corrected chi connectivity index (χ3v) is 6.24. The summed E-state index contributed by atoms with van der Waals surface area (Å²) in [5.74, 6) is 1.24. The Hall–Kier alpha value is -3.71. The minimum Gasteiger partial charge on any atom is -0.493 e. The van der Waals surface area contributed by atoms with Crippen LogP contribution in [0.4, 0.5) is 5.69 Å². The molecule has 1 aliphatic rings. The van der Waals surface area contributed by atoms with Gasteiger partial charge < -0.3 is 24.4 Å². The molecule has 1 aliphatic heterocycles. The lowest BCUT2D eigenvalue weighted by Crippen LogP contribution is -2.38. The third kappa shape index (κ3) is 5.35. The van der Waals surface area contributed by atoms with Gasteiger partial charge in [0.2, 0.25) is 0 Å². The number of carbonyl (C=O) groups is 2. The fraction of sp³-hybridized carbons (Fsp3) is 0.259. The predicted octanol–water partition coefficient (Wildman–Crippen LogP) is 5.31. The van der Waals surface area contributed by atoms with Crippen LogP contribution in [0.1, 0.15) is 34.8 Å². The first-order valence-electron chi connectivity index (χ1n) is 11.3. The maximum Gasteiger partial charge on any atom is 0.264 e. The molecule has 0 bridgehead atoms. The van der Waals surface area contributed by atoms with Crippen LogP contribution in [-0.4, -0.2) is 37.0 Å². The van der Waals surface area contributed by atoms with Gasteiger partial charge in [0.15, 0.2) is 17.6 Å². The Labute approximate surface area is 209 Å². The summed E-state index contributed by atoms with van der Waals surface area (Å²) < 4.78 is 16.6. The predicted molar refractivity (Wildman–Crippen MR) is 134 cm³/mol. The first kappa shape index (κ1) is 24.4. The van der Waals surface area contributed by atoms with E-state index in [1.807, 2.05) is 37.3 Å². The minimum atomic E-state index is -0.592. The highest BCUT2D eigenvalue weighted by Gasteiger charge is 2.30. The van der Waals surface area contributed by atoms with Gasteiger partial charge >= 0.3 is 0 Å². The maximum absolute atomic E-state index is 13.2. The van der Waals surface area contributed by atoms with Crippen molar-refractivity contribution < 1.29 is 23.8 Å². The first-order valence-corrected chi connectivity index (χ1v) is 11.7. The van der Waals surface area contributed by atoms with E-state index < -0.39 is 6.10 Å². The Morgan fingerprint density at radius 2 is 1.86 bits per heavy atom. The highest BCUT2D eigenvalue weighted by Crippen LogP contribution is 2.32. The van der Waals surface area contributed by atoms with E-state index >= 15 is 0 Å². The first-order chi connectivity index (χ1) is 16.9. The number of amides is 2. The Morgan fingerprint density at radius 1 is 1.09 bits per heavy atom. The van der Waals surface area contributed by atoms with Gasteiger partial charge in [0.25, 0.3) is 11.8 Å². The van der Waals surface area contributed by atoms with Gasteiger partial charge in [-0.1, -0.05) is 36.7 Å². The van der Waals surface area contributed by atoms with E-state index in [0.29, 0.717) is 53.0 Å². The zero-order chi connectivity index (χ0) is 24.9. The molecule has 0 saturated carbocycles. The zero-order valence-corrected chi connectivity index (χ0v) is 20.6. The highest BCUT2D eigenvalue weighted by molar-refractivity contribution is 6.31. The second-order valence-corrected chi connectivity index (χ2v) is 8.55. The van der Waals surface area contributed by atoms with Crippen molar-refractivity contribution in [1.82, 2.24) is 4.90 Å². The highest BCUT2D eigenvalue weighted by atomic mass is 35.5. The molecule has 0 saturated heterocycles. The summed E-state index contributed by atoms with van der Waals surface area (Å²) in [6.45, 7) is 2.61. The molecule has 1 N–H and O–H groups in total. The van der Waals surface area contributed by atoms with Crippen molar-refractivity contribution in [3.8, 4) is 17.2 Å². The van der Waals surface area contributed by atoms with E-state index in [1.54, 1.807) is 35.2 Å². The van der Waals surface area contributed by atoms with Crippen LogP contribution >= 0.6 is 11.6 Å². The van der Waals surface area contributed by atoms with Crippen LogP contribution < -0.4 is 19.5 Å². The summed E-state index contributed by atoms with van der Waals surface area (Å²) in [6.07, 6.45) is -0.0549. The number of hydrogen-bond donors (Lipinski definition) is 1. The molecule has 3 aromatic carbocycles. The number of carbonyl (C=O) groups excluding carboxylic acids is 2. The zero-order valence-electron chi connectivity index (χ0n) is 19.8. The normalized spacial score (nSPS) is 15.0. The summed E-state index contributed by atoms with van der Waals surface area (Å²) in [4.78, 5) is 27.8. The van der Waals surface area contributed by atoms with Gasteiger partial charge in [-0.3, -0.25) is 9.59 Å². The maximum atomic E-state index is 13.2. The average Bonchev–Trinajstić information content (AvgIpc) is 3.00. The fourth-order valence-electron chi connectivity index (χ4n) is 3.99. The van der Waals surface area contributed by atoms with Crippen molar-refractivity contribution in [3.63, 3.8) is 0 Å². The number of methoxy groups -OCH3 is 2. The summed E-state index contributed by atoms with van der Waals surface area (Å²) in [7, 11) is 3.06. The molecule has 1 atom stereocenters. The van der Waals surface area contributed by atoms with Crippen molar-refractivity contribution in [3.05, 3.63) is 82.4 Å². The van der Waals surface area contributed by atoms with Crippen molar-refractivity contribution in [2.75, 3.05) is 19.5 Å². The van der Waals surface area contributed by atoms with Crippen molar-refractivity contribution in [1.29, 1.82) is 0 Å². The van der Waals surface area contributed by atoms with Crippen molar-refractivity contribution in [2.45, 2.75) is 32.5 Å². The number of benzene rings is 3. The van der Waals surface area contributed by atoms with E-state index in [9.17, 15) is 9.59 Å². The summed E-state index contributed by atoms with van der Waals surface area (Å²) in [5.41, 5.74) is 2.67. The van der Waals surface area contributed by atoms with Crippen LogP contribution in [0.3, 0.4) is 0 Å². The molecular weight excluding hydrogens is 468 g/mol. The number of halogens is 1. The van der Waals surface area contributed by atoms with E-state index in [-0.39, 0.29) is 11.8 Å². The van der Waals surface area contributed by atoms with Gasteiger partial charge in [-0.25, -0.2) is 0 Å². The summed E-state index contributed by atoms with van der Waals surface area (Å²) in [6, 6.07) is 17.8. The van der Waals surface area contributed by atoms with Crippen LogP contribution in [0.15, 0.2) is 60.7 Å².